The second-order valence-corrected chi connectivity index (χ2v) is 19.3. The monoisotopic (exact) mass is 1040 g/mol. The van der Waals surface area contributed by atoms with E-state index in [1.54, 1.807) is 102 Å². The normalized spacial score (nSPS) is 14.7. The number of aliphatic carboxylic acids is 1. The number of H-pyrrole nitrogens is 1. The van der Waals surface area contributed by atoms with Crippen LogP contribution in [0.1, 0.15) is 97.4 Å². The summed E-state index contributed by atoms with van der Waals surface area (Å²) in [6, 6.07) is 6.70. The summed E-state index contributed by atoms with van der Waals surface area (Å²) in [5, 5.41) is 30.9. The molecule has 14 N–H and O–H groups in total. The molecule has 0 spiro atoms. The van der Waals surface area contributed by atoms with Gasteiger partial charge in [-0.05, 0) is 54.7 Å². The number of nitrogens with two attached hydrogens (primary N) is 2. The molecule has 0 saturated carbocycles. The van der Waals surface area contributed by atoms with Crippen molar-refractivity contribution in [2.75, 3.05) is 6.54 Å². The number of carboxylic acids is 1. The average Bonchev–Trinajstić information content (AvgIpc) is 3.88. The molecule has 0 aliphatic carbocycles. The molecule has 0 saturated heterocycles. The smallest absolute Gasteiger partial charge is 0.326 e. The molecule has 1 aromatic heterocycles. The highest BCUT2D eigenvalue weighted by molar-refractivity contribution is 5.99. The van der Waals surface area contributed by atoms with Gasteiger partial charge in [-0.15, -0.1) is 0 Å². The fourth-order valence-electron chi connectivity index (χ4n) is 7.94. The van der Waals surface area contributed by atoms with Crippen molar-refractivity contribution in [3.63, 3.8) is 0 Å². The Morgan fingerprint density at radius 3 is 1.43 bits per heavy atom. The number of carbonyl (C=O) groups is 10. The molecule has 0 aliphatic heterocycles. The van der Waals surface area contributed by atoms with Crippen LogP contribution in [0.15, 0.2) is 73.2 Å². The molecule has 0 fully saturated rings. The third-order valence-corrected chi connectivity index (χ3v) is 12.4. The lowest BCUT2D eigenvalue weighted by molar-refractivity contribution is -0.144. The van der Waals surface area contributed by atoms with Crippen LogP contribution in [-0.2, 0) is 67.2 Å². The minimum absolute atomic E-state index is 0.0125. The van der Waals surface area contributed by atoms with Gasteiger partial charge in [0.25, 0.3) is 0 Å². The van der Waals surface area contributed by atoms with E-state index in [0.717, 1.165) is 0 Å². The van der Waals surface area contributed by atoms with Crippen molar-refractivity contribution in [3.8, 4) is 0 Å². The molecular formula is C52H76N12O11. The lowest BCUT2D eigenvalue weighted by Gasteiger charge is -2.29. The number of aromatic nitrogens is 2. The van der Waals surface area contributed by atoms with E-state index in [2.05, 4.69) is 52.5 Å². The van der Waals surface area contributed by atoms with Gasteiger partial charge in [-0.25, -0.2) is 9.78 Å². The third-order valence-electron chi connectivity index (χ3n) is 12.4. The van der Waals surface area contributed by atoms with Gasteiger partial charge < -0.3 is 64.1 Å². The van der Waals surface area contributed by atoms with Crippen molar-refractivity contribution in [1.82, 2.24) is 52.5 Å². The topological polar surface area (TPSA) is 368 Å². The quantitative estimate of drug-likeness (QED) is 0.0361. The molecule has 75 heavy (non-hydrogen) atoms. The first-order valence-electron chi connectivity index (χ1n) is 25.2. The molecule has 9 amide bonds. The summed E-state index contributed by atoms with van der Waals surface area (Å²) in [5.41, 5.74) is 12.9. The van der Waals surface area contributed by atoms with Gasteiger partial charge in [0.1, 0.15) is 48.3 Å². The first kappa shape index (κ1) is 61.6. The van der Waals surface area contributed by atoms with E-state index in [4.69, 9.17) is 11.5 Å². The van der Waals surface area contributed by atoms with E-state index >= 15 is 0 Å². The Bertz CT molecular complexity index is 2370. The Hall–Kier alpha value is -7.69. The maximum Gasteiger partial charge on any atom is 0.326 e. The van der Waals surface area contributed by atoms with Crippen molar-refractivity contribution in [2.24, 2.45) is 29.2 Å². The van der Waals surface area contributed by atoms with Crippen LogP contribution >= 0.6 is 0 Å². The lowest BCUT2D eigenvalue weighted by Crippen LogP contribution is -2.61. The van der Waals surface area contributed by atoms with Crippen molar-refractivity contribution in [1.29, 1.82) is 0 Å². The first-order valence-corrected chi connectivity index (χ1v) is 25.2. The summed E-state index contributed by atoms with van der Waals surface area (Å²) in [4.78, 5) is 142. The Balaban J connectivity index is 2.01. The van der Waals surface area contributed by atoms with Crippen molar-refractivity contribution >= 4 is 59.1 Å². The molecule has 0 bridgehead atoms. The molecule has 9 atom stereocenters. The number of hydrogen-bond donors (Lipinski definition) is 12. The fourth-order valence-corrected chi connectivity index (χ4v) is 7.94. The number of imidazole rings is 1. The predicted octanol–water partition coefficient (Wildman–Crippen LogP) is -0.217. The van der Waals surface area contributed by atoms with Crippen molar-refractivity contribution in [2.45, 2.75) is 148 Å². The lowest BCUT2D eigenvalue weighted by atomic mass is 9.98. The van der Waals surface area contributed by atoms with Crippen molar-refractivity contribution in [3.05, 3.63) is 90.0 Å². The van der Waals surface area contributed by atoms with Gasteiger partial charge in [-0.2, -0.15) is 0 Å². The molecular weight excluding hydrogens is 969 g/mol. The number of aromatic amines is 1. The van der Waals surface area contributed by atoms with Gasteiger partial charge >= 0.3 is 5.97 Å². The standard InChI is InChI=1S/C52H76N12O11/c1-8-31(6)44(52(74)75)64-49(71)40(26-41(54)66)61-45(67)36(21-15-16-22-53)58-46(68)37(23-33-17-11-9-12-18-33)59-47(69)38(24-34-19-13-10-14-20-34)60-48(70)39(25-35-27-55-28-56-35)62-50(72)43(30(4)5)63-51(73)42(29(2)3)57-32(7)65/h9-14,17-20,27-31,36-40,42-44H,8,15-16,21-26,53H2,1-7H3,(H2,54,66)(H,55,56)(H,57,65)(H,58,68)(H,59,69)(H,60,70)(H,61,67)(H,62,72)(H,63,73)(H,64,71)(H,74,75)/t31-,36-,37-,38-,39-,40-,42-,43-,44-/m0/s1. The third kappa shape index (κ3) is 21.0. The summed E-state index contributed by atoms with van der Waals surface area (Å²) in [6.07, 6.45) is 2.91. The average molecular weight is 1050 g/mol. The summed E-state index contributed by atoms with van der Waals surface area (Å²) >= 11 is 0. The van der Waals surface area contributed by atoms with Gasteiger partial charge in [0.15, 0.2) is 0 Å². The van der Waals surface area contributed by atoms with E-state index in [9.17, 15) is 53.1 Å². The Morgan fingerprint density at radius 2 is 0.987 bits per heavy atom. The SMILES string of the molecule is CC[C@H](C)[C@H](NC(=O)[C@H](CC(N)=O)NC(=O)[C@H](CCCCN)NC(=O)[C@H](Cc1ccccc1)NC(=O)[C@H](Cc1ccccc1)NC(=O)[C@H](Cc1cnc[nH]1)NC(=O)[C@@H](NC(=O)[C@@H](NC(C)=O)C(C)C)C(C)C)C(=O)O. The molecule has 0 unspecified atom stereocenters. The van der Waals surface area contributed by atoms with E-state index in [0.29, 0.717) is 36.1 Å². The Labute approximate surface area is 437 Å². The Kier molecular flexibility index (Phi) is 25.6. The maximum absolute atomic E-state index is 14.7. The highest BCUT2D eigenvalue weighted by Crippen LogP contribution is 2.13. The zero-order chi connectivity index (χ0) is 55.8. The van der Waals surface area contributed by atoms with Crippen LogP contribution in [-0.4, -0.2) is 129 Å². The summed E-state index contributed by atoms with van der Waals surface area (Å²) in [5.74, 6) is -9.80. The summed E-state index contributed by atoms with van der Waals surface area (Å²) in [6.45, 7) is 11.7. The van der Waals surface area contributed by atoms with Crippen LogP contribution in [0.25, 0.3) is 0 Å². The zero-order valence-corrected chi connectivity index (χ0v) is 43.8. The van der Waals surface area contributed by atoms with Gasteiger partial charge in [0.2, 0.25) is 53.2 Å². The van der Waals surface area contributed by atoms with E-state index in [-0.39, 0.29) is 38.1 Å². The molecule has 410 valence electrons. The number of nitrogens with zero attached hydrogens (tertiary/aromatic N) is 1. The number of rotatable bonds is 32. The van der Waals surface area contributed by atoms with E-state index in [1.807, 2.05) is 0 Å². The molecule has 0 radical (unpaired) electrons. The fraction of sp³-hybridized carbons (Fsp3) is 0.519. The number of nitrogens with one attached hydrogen (secondary N) is 9. The highest BCUT2D eigenvalue weighted by atomic mass is 16.4. The largest absolute Gasteiger partial charge is 0.480 e. The van der Waals surface area contributed by atoms with E-state index in [1.165, 1.54) is 19.4 Å². The van der Waals surface area contributed by atoms with Crippen LogP contribution in [0.4, 0.5) is 0 Å². The number of hydrogen-bond acceptors (Lipinski definition) is 12. The molecule has 23 heteroatoms. The minimum Gasteiger partial charge on any atom is -0.480 e. The molecule has 2 aromatic carbocycles. The molecule has 3 aromatic rings. The molecule has 23 nitrogen and oxygen atoms in total. The van der Waals surface area contributed by atoms with Crippen molar-refractivity contribution < 1.29 is 53.1 Å². The molecule has 1 heterocycles. The highest BCUT2D eigenvalue weighted by Gasteiger charge is 2.37. The van der Waals surface area contributed by atoms with Crippen LogP contribution in [0.3, 0.4) is 0 Å². The first-order chi connectivity index (χ1) is 35.5. The number of primary amides is 1. The maximum atomic E-state index is 14.7. The van der Waals surface area contributed by atoms with Crippen LogP contribution < -0.4 is 54.0 Å². The number of amides is 9. The summed E-state index contributed by atoms with van der Waals surface area (Å²) in [7, 11) is 0. The minimum atomic E-state index is -1.62. The molecule has 0 aliphatic rings. The second-order valence-electron chi connectivity index (χ2n) is 19.3. The Morgan fingerprint density at radius 1 is 0.560 bits per heavy atom. The number of carboxylic acid groups (broad SMARTS) is 1. The van der Waals surface area contributed by atoms with Crippen LogP contribution in [0.2, 0.25) is 0 Å². The number of carbonyl (C=O) groups excluding carboxylic acids is 9. The second kappa shape index (κ2) is 31.1. The molecule has 3 rings (SSSR count). The van der Waals surface area contributed by atoms with E-state index < -0.39 is 126 Å². The van der Waals surface area contributed by atoms with Gasteiger partial charge in [-0.1, -0.05) is 109 Å². The number of benzene rings is 2. The van der Waals surface area contributed by atoms with Gasteiger partial charge in [0.05, 0.1) is 12.7 Å². The summed E-state index contributed by atoms with van der Waals surface area (Å²) < 4.78 is 0. The van der Waals surface area contributed by atoms with Crippen LogP contribution in [0.5, 0.6) is 0 Å². The zero-order valence-electron chi connectivity index (χ0n) is 43.8. The predicted molar refractivity (Wildman–Crippen MR) is 277 cm³/mol. The van der Waals surface area contributed by atoms with Crippen LogP contribution in [0, 0.1) is 17.8 Å². The number of unbranched alkanes of at least 4 members (excludes halogenated alkanes) is 1. The van der Waals surface area contributed by atoms with Gasteiger partial charge in [-0.3, -0.25) is 43.2 Å². The van der Waals surface area contributed by atoms with Gasteiger partial charge in [0, 0.05) is 38.1 Å².